The van der Waals surface area contributed by atoms with Crippen molar-refractivity contribution in [2.24, 2.45) is 4.99 Å². The monoisotopic (exact) mass is 527 g/mol. The molecule has 0 spiro atoms. The predicted molar refractivity (Wildman–Crippen MR) is 150 cm³/mol. The molecule has 0 N–H and O–H groups in total. The molecule has 1 atom stereocenters. The van der Waals surface area contributed by atoms with Crippen LogP contribution in [0.2, 0.25) is 0 Å². The number of anilines is 1. The number of ether oxygens (including phenoxy) is 1. The molecule has 0 radical (unpaired) electrons. The van der Waals surface area contributed by atoms with Gasteiger partial charge in [0.2, 0.25) is 0 Å². The van der Waals surface area contributed by atoms with Crippen LogP contribution in [0.4, 0.5) is 5.88 Å². The fraction of sp³-hybridized carbons (Fsp3) is 0.233. The first-order chi connectivity index (χ1) is 18.5. The van der Waals surface area contributed by atoms with Crippen molar-refractivity contribution in [3.8, 4) is 0 Å². The second-order valence-electron chi connectivity index (χ2n) is 8.69. The van der Waals surface area contributed by atoms with Crippen molar-refractivity contribution < 1.29 is 13.9 Å². The van der Waals surface area contributed by atoms with Gasteiger partial charge in [-0.15, -0.1) is 0 Å². The van der Waals surface area contributed by atoms with Gasteiger partial charge >= 0.3 is 5.97 Å². The van der Waals surface area contributed by atoms with Gasteiger partial charge in [0.15, 0.2) is 10.7 Å². The van der Waals surface area contributed by atoms with Gasteiger partial charge in [-0.3, -0.25) is 9.36 Å². The topological polar surface area (TPSA) is 77.0 Å². The van der Waals surface area contributed by atoms with Gasteiger partial charge in [-0.1, -0.05) is 72.0 Å². The Morgan fingerprint density at radius 2 is 1.71 bits per heavy atom. The molecule has 0 saturated heterocycles. The van der Waals surface area contributed by atoms with Crippen molar-refractivity contribution in [2.75, 3.05) is 24.6 Å². The third-order valence-electron chi connectivity index (χ3n) is 6.45. The molecule has 194 valence electrons. The van der Waals surface area contributed by atoms with E-state index < -0.39 is 12.0 Å². The second kappa shape index (κ2) is 11.1. The molecule has 0 amide bonds. The molecular formula is C30H29N3O4S. The summed E-state index contributed by atoms with van der Waals surface area (Å²) in [5.41, 5.74) is 2.19. The Balaban J connectivity index is 1.75. The van der Waals surface area contributed by atoms with Gasteiger partial charge < -0.3 is 14.1 Å². The first kappa shape index (κ1) is 25.5. The van der Waals surface area contributed by atoms with Gasteiger partial charge in [0.1, 0.15) is 5.76 Å². The van der Waals surface area contributed by atoms with E-state index in [0.29, 0.717) is 26.4 Å². The van der Waals surface area contributed by atoms with Gasteiger partial charge in [-0.2, -0.15) is 0 Å². The third kappa shape index (κ3) is 4.75. The van der Waals surface area contributed by atoms with Gasteiger partial charge in [0, 0.05) is 30.8 Å². The number of nitrogens with zero attached hydrogens (tertiary/aromatic N) is 3. The number of aromatic nitrogens is 1. The summed E-state index contributed by atoms with van der Waals surface area (Å²) in [6.07, 6.45) is 1.75. The molecule has 1 aliphatic rings. The van der Waals surface area contributed by atoms with Crippen molar-refractivity contribution in [3.63, 3.8) is 0 Å². The zero-order chi connectivity index (χ0) is 26.6. The lowest BCUT2D eigenvalue weighted by Crippen LogP contribution is -2.39. The summed E-state index contributed by atoms with van der Waals surface area (Å²) in [6.45, 7) is 7.76. The van der Waals surface area contributed by atoms with Crippen molar-refractivity contribution in [1.82, 2.24) is 4.57 Å². The number of benzene rings is 2. The lowest BCUT2D eigenvalue weighted by molar-refractivity contribution is -0.138. The van der Waals surface area contributed by atoms with Crippen molar-refractivity contribution >= 4 is 35.0 Å². The number of carbonyl (C=O) groups excluding carboxylic acids is 1. The van der Waals surface area contributed by atoms with Crippen LogP contribution in [0.5, 0.6) is 0 Å². The molecule has 4 aromatic rings. The van der Waals surface area contributed by atoms with Crippen LogP contribution in [0.25, 0.3) is 11.8 Å². The minimum atomic E-state index is -0.688. The van der Waals surface area contributed by atoms with E-state index in [1.807, 2.05) is 72.8 Å². The summed E-state index contributed by atoms with van der Waals surface area (Å²) in [5.74, 6) is 0.849. The largest absolute Gasteiger partial charge is 0.463 e. The molecule has 5 rings (SSSR count). The molecular weight excluding hydrogens is 498 g/mol. The van der Waals surface area contributed by atoms with Gasteiger partial charge in [-0.25, -0.2) is 9.79 Å². The summed E-state index contributed by atoms with van der Waals surface area (Å²) >= 11 is 1.28. The number of thiazole rings is 1. The quantitative estimate of drug-likeness (QED) is 0.318. The minimum absolute atomic E-state index is 0.212. The maximum Gasteiger partial charge on any atom is 0.338 e. The lowest BCUT2D eigenvalue weighted by atomic mass is 9.93. The Kier molecular flexibility index (Phi) is 7.42. The minimum Gasteiger partial charge on any atom is -0.463 e. The highest BCUT2D eigenvalue weighted by molar-refractivity contribution is 7.07. The Bertz CT molecular complexity index is 1640. The number of fused-ring (bicyclic) bond motifs is 1. The zero-order valence-electron chi connectivity index (χ0n) is 21.6. The second-order valence-corrected chi connectivity index (χ2v) is 9.70. The Labute approximate surface area is 224 Å². The Morgan fingerprint density at radius 1 is 1.03 bits per heavy atom. The maximum atomic E-state index is 13.9. The van der Waals surface area contributed by atoms with E-state index in [9.17, 15) is 9.59 Å². The molecule has 0 aliphatic carbocycles. The molecule has 2 aromatic carbocycles. The van der Waals surface area contributed by atoms with E-state index in [4.69, 9.17) is 14.1 Å². The summed E-state index contributed by atoms with van der Waals surface area (Å²) in [5, 5.41) is 0. The molecule has 0 fully saturated rings. The summed E-state index contributed by atoms with van der Waals surface area (Å²) in [7, 11) is 0. The molecule has 38 heavy (non-hydrogen) atoms. The third-order valence-corrected chi connectivity index (χ3v) is 7.43. The summed E-state index contributed by atoms with van der Waals surface area (Å²) in [4.78, 5) is 34.8. The summed E-state index contributed by atoms with van der Waals surface area (Å²) in [6, 6.07) is 22.1. The standard InChI is InChI=1S/C30H29N3O4S/c1-4-32(5-2)24-18-17-22(37-24)19-23-28(34)33-27(21-15-11-8-12-16-21)25(29(35)36-6-3)26(31-30(33)38-23)20-13-9-7-10-14-20/h7-19,27H,4-6H2,1-3H3. The van der Waals surface area contributed by atoms with Crippen LogP contribution in [-0.4, -0.2) is 30.2 Å². The van der Waals surface area contributed by atoms with Crippen molar-refractivity contribution in [2.45, 2.75) is 26.8 Å². The lowest BCUT2D eigenvalue weighted by Gasteiger charge is -2.25. The number of furan rings is 1. The molecule has 0 bridgehead atoms. The number of rotatable bonds is 8. The molecule has 7 nitrogen and oxygen atoms in total. The van der Waals surface area contributed by atoms with Crippen LogP contribution < -0.4 is 19.8 Å². The van der Waals surface area contributed by atoms with Gasteiger partial charge in [0.05, 0.1) is 28.5 Å². The normalized spacial score (nSPS) is 15.2. The maximum absolute atomic E-state index is 13.9. The Hall–Kier alpha value is -4.17. The van der Waals surface area contributed by atoms with Crippen LogP contribution >= 0.6 is 11.3 Å². The van der Waals surface area contributed by atoms with Crippen LogP contribution in [0.1, 0.15) is 43.7 Å². The number of esters is 1. The molecule has 1 unspecified atom stereocenters. The number of carbonyl (C=O) groups is 1. The SMILES string of the molecule is CCOC(=O)C1=C(c2ccccc2)N=c2sc(=Cc3ccc(N(CC)CC)o3)c(=O)n2C1c1ccccc1. The average Bonchev–Trinajstić information content (AvgIpc) is 3.53. The highest BCUT2D eigenvalue weighted by Crippen LogP contribution is 2.35. The van der Waals surface area contributed by atoms with Crippen molar-refractivity contribution in [3.05, 3.63) is 115 Å². The predicted octanol–water partition coefficient (Wildman–Crippen LogP) is 4.37. The smallest absolute Gasteiger partial charge is 0.338 e. The number of hydrogen-bond donors (Lipinski definition) is 0. The van der Waals surface area contributed by atoms with Gasteiger partial charge in [0.25, 0.3) is 5.56 Å². The Morgan fingerprint density at radius 3 is 2.37 bits per heavy atom. The molecule has 3 heterocycles. The molecule has 8 heteroatoms. The molecule has 0 saturated carbocycles. The van der Waals surface area contributed by atoms with Crippen LogP contribution in [0.15, 0.2) is 92.6 Å². The summed E-state index contributed by atoms with van der Waals surface area (Å²) < 4.78 is 13.6. The number of hydrogen-bond acceptors (Lipinski definition) is 7. The first-order valence-corrected chi connectivity index (χ1v) is 13.6. The molecule has 2 aromatic heterocycles. The van der Waals surface area contributed by atoms with E-state index in [1.165, 1.54) is 11.3 Å². The van der Waals surface area contributed by atoms with E-state index in [-0.39, 0.29) is 12.2 Å². The van der Waals surface area contributed by atoms with Crippen LogP contribution in [0.3, 0.4) is 0 Å². The highest BCUT2D eigenvalue weighted by Gasteiger charge is 2.35. The molecule has 1 aliphatic heterocycles. The zero-order valence-corrected chi connectivity index (χ0v) is 22.4. The van der Waals surface area contributed by atoms with Crippen LogP contribution in [-0.2, 0) is 9.53 Å². The first-order valence-electron chi connectivity index (χ1n) is 12.7. The van der Waals surface area contributed by atoms with Gasteiger partial charge in [-0.05, 0) is 32.4 Å². The fourth-order valence-corrected chi connectivity index (χ4v) is 5.63. The van der Waals surface area contributed by atoms with Crippen molar-refractivity contribution in [1.29, 1.82) is 0 Å². The van der Waals surface area contributed by atoms with E-state index in [2.05, 4.69) is 18.7 Å². The fourth-order valence-electron chi connectivity index (χ4n) is 4.65. The average molecular weight is 528 g/mol. The van der Waals surface area contributed by atoms with E-state index >= 15 is 0 Å². The van der Waals surface area contributed by atoms with E-state index in [1.54, 1.807) is 17.6 Å². The highest BCUT2D eigenvalue weighted by atomic mass is 32.1. The van der Waals surface area contributed by atoms with Crippen LogP contribution in [0, 0.1) is 0 Å². The van der Waals surface area contributed by atoms with E-state index in [0.717, 1.165) is 30.1 Å².